The first-order valence-corrected chi connectivity index (χ1v) is 11.0. The molecule has 3 aromatic rings. The Bertz CT molecular complexity index is 1270. The number of nitrogens with two attached hydrogens (primary N) is 1. The largest absolute Gasteiger partial charge is 0.394 e. The lowest BCUT2D eigenvalue weighted by molar-refractivity contribution is -0.116. The molecule has 3 rings (SSSR count). The maximum Gasteiger partial charge on any atom is 0.274 e. The average Bonchev–Trinajstić information content (AvgIpc) is 2.78. The van der Waals surface area contributed by atoms with Gasteiger partial charge in [0, 0.05) is 31.8 Å². The molecule has 5 nitrogen and oxygen atoms in total. The minimum Gasteiger partial charge on any atom is -0.394 e. The molecule has 9 heteroatoms. The van der Waals surface area contributed by atoms with Gasteiger partial charge >= 0.3 is 0 Å². The summed E-state index contributed by atoms with van der Waals surface area (Å²) in [5.74, 6) is -1.38. The monoisotopic (exact) mass is 519 g/mol. The summed E-state index contributed by atoms with van der Waals surface area (Å²) >= 11 is 24.1. The quantitative estimate of drug-likeness (QED) is 0.293. The molecule has 0 fully saturated rings. The summed E-state index contributed by atoms with van der Waals surface area (Å²) in [5, 5.41) is 4.05. The zero-order valence-corrected chi connectivity index (χ0v) is 20.2. The third-order valence-electron chi connectivity index (χ3n) is 4.60. The summed E-state index contributed by atoms with van der Waals surface area (Å²) in [7, 11) is 0. The van der Waals surface area contributed by atoms with Gasteiger partial charge < -0.3 is 5.73 Å². The molecule has 0 radical (unpaired) electrons. The van der Waals surface area contributed by atoms with Gasteiger partial charge in [-0.1, -0.05) is 58.5 Å². The third kappa shape index (κ3) is 6.36. The number of nitrogens with zero attached hydrogens (tertiary/aromatic N) is 1. The first kappa shape index (κ1) is 24.8. The summed E-state index contributed by atoms with van der Waals surface area (Å²) in [6.45, 7) is 1.62. The van der Waals surface area contributed by atoms with Crippen LogP contribution in [0, 0.1) is 0 Å². The molecule has 0 atom stereocenters. The van der Waals surface area contributed by atoms with Crippen molar-refractivity contribution in [1.82, 2.24) is 5.32 Å². The van der Waals surface area contributed by atoms with Crippen molar-refractivity contribution in [1.29, 1.82) is 0 Å². The highest BCUT2D eigenvalue weighted by atomic mass is 35.5. The Morgan fingerprint density at radius 1 is 0.788 bits per heavy atom. The number of hydrogen-bond acceptors (Lipinski definition) is 4. The summed E-state index contributed by atoms with van der Waals surface area (Å²) < 4.78 is 0. The Morgan fingerprint density at radius 2 is 1.30 bits per heavy atom. The topological polar surface area (TPSA) is 84.5 Å². The lowest BCUT2D eigenvalue weighted by Crippen LogP contribution is -2.35. The van der Waals surface area contributed by atoms with Gasteiger partial charge in [-0.2, -0.15) is 0 Å². The van der Waals surface area contributed by atoms with E-state index in [0.717, 1.165) is 0 Å². The van der Waals surface area contributed by atoms with Crippen LogP contribution < -0.4 is 11.1 Å². The number of nitrogens with one attached hydrogen (secondary N) is 1. The van der Waals surface area contributed by atoms with Crippen LogP contribution in [0.5, 0.6) is 0 Å². The highest BCUT2D eigenvalue weighted by Crippen LogP contribution is 2.30. The Hall–Kier alpha value is -2.83. The second-order valence-electron chi connectivity index (χ2n) is 6.89. The fourth-order valence-electron chi connectivity index (χ4n) is 2.81. The lowest BCUT2D eigenvalue weighted by atomic mass is 10.0. The van der Waals surface area contributed by atoms with E-state index in [2.05, 4.69) is 10.3 Å². The van der Waals surface area contributed by atoms with E-state index in [1.165, 1.54) is 12.1 Å². The van der Waals surface area contributed by atoms with Crippen LogP contribution in [0.25, 0.3) is 0 Å². The van der Waals surface area contributed by atoms with Gasteiger partial charge in [0.05, 0.1) is 16.4 Å². The lowest BCUT2D eigenvalue weighted by Gasteiger charge is -2.13. The van der Waals surface area contributed by atoms with E-state index < -0.39 is 11.8 Å². The Kier molecular flexibility index (Phi) is 8.16. The molecule has 2 amide bonds. The standard InChI is InChI=1S/C24H17Cl4N3O2/c1-13(21(29)24(33)31-23(32)15-4-8-17(26)9-5-15)22(14-2-6-16(25)7-3-14)30-20-11-10-18(27)12-19(20)28/h2-12H,29H2,1H3,(H,31,32,33). The van der Waals surface area contributed by atoms with Gasteiger partial charge in [-0.25, -0.2) is 4.99 Å². The molecule has 0 spiro atoms. The molecule has 0 aliphatic heterocycles. The molecule has 168 valence electrons. The van der Waals surface area contributed by atoms with E-state index in [1.54, 1.807) is 61.5 Å². The van der Waals surface area contributed by atoms with E-state index in [1.807, 2.05) is 0 Å². The molecule has 0 bridgehead atoms. The summed E-state index contributed by atoms with van der Waals surface area (Å²) in [6.07, 6.45) is 0. The van der Waals surface area contributed by atoms with E-state index >= 15 is 0 Å². The van der Waals surface area contributed by atoms with Crippen molar-refractivity contribution in [2.45, 2.75) is 6.92 Å². The van der Waals surface area contributed by atoms with Crippen LogP contribution in [-0.2, 0) is 4.79 Å². The van der Waals surface area contributed by atoms with Gasteiger partial charge in [0.25, 0.3) is 11.8 Å². The Balaban J connectivity index is 2.00. The van der Waals surface area contributed by atoms with E-state index in [4.69, 9.17) is 52.1 Å². The Labute approximate surface area is 210 Å². The fourth-order valence-corrected chi connectivity index (χ4v) is 3.51. The van der Waals surface area contributed by atoms with Crippen molar-refractivity contribution in [3.8, 4) is 0 Å². The zero-order chi connectivity index (χ0) is 24.1. The molecule has 0 aliphatic rings. The van der Waals surface area contributed by atoms with Crippen molar-refractivity contribution in [3.63, 3.8) is 0 Å². The normalized spacial score (nSPS) is 12.2. The van der Waals surface area contributed by atoms with Crippen LogP contribution in [0.2, 0.25) is 20.1 Å². The molecule has 0 saturated carbocycles. The predicted octanol–water partition coefficient (Wildman–Crippen LogP) is 6.61. The number of benzene rings is 3. The minimum atomic E-state index is -0.767. The number of imide groups is 1. The van der Waals surface area contributed by atoms with Crippen LogP contribution >= 0.6 is 46.4 Å². The van der Waals surface area contributed by atoms with Gasteiger partial charge in [-0.15, -0.1) is 0 Å². The van der Waals surface area contributed by atoms with Crippen LogP contribution in [-0.4, -0.2) is 17.5 Å². The molecule has 0 aliphatic carbocycles. The number of halogens is 4. The number of allylic oxidation sites excluding steroid dienone is 1. The first-order chi connectivity index (χ1) is 15.7. The van der Waals surface area contributed by atoms with Crippen molar-refractivity contribution in [3.05, 3.63) is 109 Å². The van der Waals surface area contributed by atoms with Crippen molar-refractivity contribution >= 4 is 69.6 Å². The Morgan fingerprint density at radius 3 is 1.85 bits per heavy atom. The number of carbonyl (C=O) groups is 2. The summed E-state index contributed by atoms with van der Waals surface area (Å²) in [4.78, 5) is 29.8. The molecule has 0 aromatic heterocycles. The highest BCUT2D eigenvalue weighted by molar-refractivity contribution is 6.36. The first-order valence-electron chi connectivity index (χ1n) is 9.53. The number of rotatable bonds is 5. The molecular weight excluding hydrogens is 504 g/mol. The minimum absolute atomic E-state index is 0.184. The summed E-state index contributed by atoms with van der Waals surface area (Å²) in [5.41, 5.74) is 7.99. The van der Waals surface area contributed by atoms with E-state index in [9.17, 15) is 9.59 Å². The van der Waals surface area contributed by atoms with E-state index in [-0.39, 0.29) is 11.3 Å². The van der Waals surface area contributed by atoms with Crippen LogP contribution in [0.15, 0.2) is 83.0 Å². The smallest absolute Gasteiger partial charge is 0.274 e. The zero-order valence-electron chi connectivity index (χ0n) is 17.2. The maximum atomic E-state index is 12.7. The van der Waals surface area contributed by atoms with Gasteiger partial charge in [0.15, 0.2) is 0 Å². The van der Waals surface area contributed by atoms with Gasteiger partial charge in [-0.05, 0) is 61.5 Å². The second kappa shape index (κ2) is 10.9. The fraction of sp³-hybridized carbons (Fsp3) is 0.0417. The molecule has 3 N–H and O–H groups in total. The molecule has 3 aromatic carbocycles. The molecule has 0 saturated heterocycles. The molecule has 33 heavy (non-hydrogen) atoms. The molecule has 0 unspecified atom stereocenters. The third-order valence-corrected chi connectivity index (χ3v) is 5.64. The van der Waals surface area contributed by atoms with Crippen molar-refractivity contribution < 1.29 is 9.59 Å². The average molecular weight is 521 g/mol. The van der Waals surface area contributed by atoms with Crippen LogP contribution in [0.3, 0.4) is 0 Å². The second-order valence-corrected chi connectivity index (χ2v) is 8.61. The van der Waals surface area contributed by atoms with E-state index in [0.29, 0.717) is 42.6 Å². The maximum absolute atomic E-state index is 12.7. The van der Waals surface area contributed by atoms with Crippen molar-refractivity contribution in [2.75, 3.05) is 0 Å². The highest BCUT2D eigenvalue weighted by Gasteiger charge is 2.18. The number of carbonyl (C=O) groups excluding carboxylic acids is 2. The van der Waals surface area contributed by atoms with Gasteiger partial charge in [-0.3, -0.25) is 14.9 Å². The molecule has 0 heterocycles. The van der Waals surface area contributed by atoms with Crippen LogP contribution in [0.1, 0.15) is 22.8 Å². The summed E-state index contributed by atoms with van der Waals surface area (Å²) in [6, 6.07) is 17.8. The SMILES string of the molecule is CC(C(=Nc1ccc(Cl)cc1Cl)c1ccc(Cl)cc1)=C(N)C(=O)NC(=O)c1ccc(Cl)cc1. The number of hydrogen-bond donors (Lipinski definition) is 2. The number of amides is 2. The predicted molar refractivity (Wildman–Crippen MR) is 135 cm³/mol. The number of aliphatic imine (C=N–C) groups is 1. The van der Waals surface area contributed by atoms with Gasteiger partial charge in [0.1, 0.15) is 5.70 Å². The van der Waals surface area contributed by atoms with Gasteiger partial charge in [0.2, 0.25) is 0 Å². The van der Waals surface area contributed by atoms with Crippen LogP contribution in [0.4, 0.5) is 5.69 Å². The molecular formula is C24H17Cl4N3O2. The van der Waals surface area contributed by atoms with Crippen molar-refractivity contribution in [2.24, 2.45) is 10.7 Å².